The Morgan fingerprint density at radius 1 is 1.06 bits per heavy atom. The number of rotatable bonds is 8. The Morgan fingerprint density at radius 3 is 2.00 bits per heavy atom. The van der Waals surface area contributed by atoms with Crippen LogP contribution in [0, 0.1) is 5.92 Å². The lowest BCUT2D eigenvalue weighted by Crippen LogP contribution is -2.32. The summed E-state index contributed by atoms with van der Waals surface area (Å²) < 4.78 is 36.4. The van der Waals surface area contributed by atoms with E-state index in [9.17, 15) is 13.2 Å². The largest absolute Gasteiger partial charge is 0.389 e. The van der Waals surface area contributed by atoms with Crippen LogP contribution in [0.15, 0.2) is 0 Å². The summed E-state index contributed by atoms with van der Waals surface area (Å²) in [5, 5.41) is 3.15. The summed E-state index contributed by atoms with van der Waals surface area (Å²) in [6, 6.07) is 0.0107. The summed E-state index contributed by atoms with van der Waals surface area (Å²) >= 11 is 0. The van der Waals surface area contributed by atoms with Crippen LogP contribution in [0.2, 0.25) is 0 Å². The van der Waals surface area contributed by atoms with Crippen molar-refractivity contribution in [2.45, 2.75) is 65.1 Å². The molecule has 0 aromatic rings. The molecule has 0 rings (SSSR count). The van der Waals surface area contributed by atoms with Crippen molar-refractivity contribution < 1.29 is 13.2 Å². The van der Waals surface area contributed by atoms with Crippen LogP contribution in [0.25, 0.3) is 0 Å². The third-order valence-corrected chi connectivity index (χ3v) is 3.04. The van der Waals surface area contributed by atoms with Gasteiger partial charge in [-0.05, 0) is 25.3 Å². The molecule has 0 saturated carbocycles. The molecule has 1 unspecified atom stereocenters. The van der Waals surface area contributed by atoms with Gasteiger partial charge >= 0.3 is 6.18 Å². The van der Waals surface area contributed by atoms with Gasteiger partial charge in [0.2, 0.25) is 0 Å². The van der Waals surface area contributed by atoms with E-state index in [2.05, 4.69) is 19.2 Å². The van der Waals surface area contributed by atoms with Gasteiger partial charge in [-0.3, -0.25) is 0 Å². The first-order valence-corrected chi connectivity index (χ1v) is 6.23. The van der Waals surface area contributed by atoms with E-state index < -0.39 is 12.6 Å². The number of hydrogen-bond acceptors (Lipinski definition) is 1. The molecule has 4 heteroatoms. The fourth-order valence-corrected chi connectivity index (χ4v) is 1.95. The molecule has 0 aliphatic rings. The minimum Gasteiger partial charge on any atom is -0.314 e. The van der Waals surface area contributed by atoms with E-state index in [1.807, 2.05) is 6.92 Å². The molecule has 16 heavy (non-hydrogen) atoms. The standard InChI is InChI=1S/C12H24F3N/c1-4-10(5-2)9-11(16-6-3)7-8-12(13,14)15/h10-11,16H,4-9H2,1-3H3. The lowest BCUT2D eigenvalue weighted by atomic mass is 9.92. The van der Waals surface area contributed by atoms with Crippen LogP contribution in [-0.2, 0) is 0 Å². The van der Waals surface area contributed by atoms with Crippen LogP contribution >= 0.6 is 0 Å². The molecule has 0 bridgehead atoms. The van der Waals surface area contributed by atoms with Crippen LogP contribution in [0.5, 0.6) is 0 Å². The van der Waals surface area contributed by atoms with Crippen molar-refractivity contribution >= 4 is 0 Å². The third-order valence-electron chi connectivity index (χ3n) is 3.04. The number of halogens is 3. The van der Waals surface area contributed by atoms with Gasteiger partial charge in [-0.2, -0.15) is 13.2 Å². The second kappa shape index (κ2) is 7.93. The van der Waals surface area contributed by atoms with Crippen molar-refractivity contribution in [3.05, 3.63) is 0 Å². The first-order chi connectivity index (χ1) is 7.42. The Kier molecular flexibility index (Phi) is 7.81. The quantitative estimate of drug-likeness (QED) is 0.671. The van der Waals surface area contributed by atoms with Crippen molar-refractivity contribution in [1.82, 2.24) is 5.32 Å². The van der Waals surface area contributed by atoms with Crippen molar-refractivity contribution in [3.8, 4) is 0 Å². The highest BCUT2D eigenvalue weighted by Crippen LogP contribution is 2.25. The molecule has 0 aliphatic heterocycles. The van der Waals surface area contributed by atoms with Gasteiger partial charge in [-0.15, -0.1) is 0 Å². The summed E-state index contributed by atoms with van der Waals surface area (Å²) in [5.41, 5.74) is 0. The van der Waals surface area contributed by atoms with Gasteiger partial charge in [0, 0.05) is 12.5 Å². The molecule has 0 radical (unpaired) electrons. The highest BCUT2D eigenvalue weighted by molar-refractivity contribution is 4.72. The highest BCUT2D eigenvalue weighted by Gasteiger charge is 2.28. The molecule has 0 aromatic carbocycles. The molecule has 0 saturated heterocycles. The summed E-state index contributed by atoms with van der Waals surface area (Å²) in [6.45, 7) is 6.87. The minimum absolute atomic E-state index is 0.0107. The molecule has 98 valence electrons. The summed E-state index contributed by atoms with van der Waals surface area (Å²) in [4.78, 5) is 0. The van der Waals surface area contributed by atoms with E-state index in [0.29, 0.717) is 5.92 Å². The Labute approximate surface area is 96.8 Å². The van der Waals surface area contributed by atoms with Crippen LogP contribution in [0.4, 0.5) is 13.2 Å². The number of hydrogen-bond donors (Lipinski definition) is 1. The molecule has 1 nitrogen and oxygen atoms in total. The molecular weight excluding hydrogens is 215 g/mol. The lowest BCUT2D eigenvalue weighted by Gasteiger charge is -2.23. The van der Waals surface area contributed by atoms with Gasteiger partial charge in [0.05, 0.1) is 0 Å². The van der Waals surface area contributed by atoms with Crippen molar-refractivity contribution in [3.63, 3.8) is 0 Å². The lowest BCUT2D eigenvalue weighted by molar-refractivity contribution is -0.136. The van der Waals surface area contributed by atoms with Gasteiger partial charge in [0.15, 0.2) is 0 Å². The number of alkyl halides is 3. The molecular formula is C12H24F3N. The molecule has 1 atom stereocenters. The maximum atomic E-state index is 12.1. The Morgan fingerprint density at radius 2 is 1.62 bits per heavy atom. The molecule has 1 N–H and O–H groups in total. The van der Waals surface area contributed by atoms with E-state index in [-0.39, 0.29) is 12.5 Å². The van der Waals surface area contributed by atoms with Gasteiger partial charge < -0.3 is 5.32 Å². The second-order valence-electron chi connectivity index (χ2n) is 4.33. The first-order valence-electron chi connectivity index (χ1n) is 6.23. The van der Waals surface area contributed by atoms with E-state index >= 15 is 0 Å². The van der Waals surface area contributed by atoms with E-state index in [4.69, 9.17) is 0 Å². The smallest absolute Gasteiger partial charge is 0.314 e. The summed E-state index contributed by atoms with van der Waals surface area (Å²) in [7, 11) is 0. The highest BCUT2D eigenvalue weighted by atomic mass is 19.4. The fourth-order valence-electron chi connectivity index (χ4n) is 1.95. The Hall–Kier alpha value is -0.250. The molecule has 0 fully saturated rings. The molecule has 0 amide bonds. The minimum atomic E-state index is -4.03. The van der Waals surface area contributed by atoms with Gasteiger partial charge in [0.1, 0.15) is 0 Å². The maximum Gasteiger partial charge on any atom is 0.389 e. The zero-order valence-corrected chi connectivity index (χ0v) is 10.5. The summed E-state index contributed by atoms with van der Waals surface area (Å²) in [5.74, 6) is 0.539. The average molecular weight is 239 g/mol. The van der Waals surface area contributed by atoms with E-state index in [0.717, 1.165) is 25.8 Å². The van der Waals surface area contributed by atoms with Gasteiger partial charge in [-0.25, -0.2) is 0 Å². The van der Waals surface area contributed by atoms with Crippen molar-refractivity contribution in [1.29, 1.82) is 0 Å². The van der Waals surface area contributed by atoms with E-state index in [1.54, 1.807) is 0 Å². The molecule has 0 aliphatic carbocycles. The van der Waals surface area contributed by atoms with Gasteiger partial charge in [-0.1, -0.05) is 33.6 Å². The van der Waals surface area contributed by atoms with Gasteiger partial charge in [0.25, 0.3) is 0 Å². The molecule has 0 spiro atoms. The number of nitrogens with one attached hydrogen (secondary N) is 1. The van der Waals surface area contributed by atoms with Crippen molar-refractivity contribution in [2.75, 3.05) is 6.54 Å². The SMILES string of the molecule is CCNC(CCC(F)(F)F)CC(CC)CC. The maximum absolute atomic E-state index is 12.1. The predicted octanol–water partition coefficient (Wildman–Crippen LogP) is 4.13. The average Bonchev–Trinajstić information content (AvgIpc) is 2.21. The van der Waals surface area contributed by atoms with E-state index in [1.165, 1.54) is 0 Å². The predicted molar refractivity (Wildman–Crippen MR) is 61.4 cm³/mol. The topological polar surface area (TPSA) is 12.0 Å². The van der Waals surface area contributed by atoms with Crippen LogP contribution < -0.4 is 5.32 Å². The third kappa shape index (κ3) is 7.97. The molecule has 0 aromatic heterocycles. The summed E-state index contributed by atoms with van der Waals surface area (Å²) in [6.07, 6.45) is -1.55. The fraction of sp³-hybridized carbons (Fsp3) is 1.00. The zero-order chi connectivity index (χ0) is 12.6. The van der Waals surface area contributed by atoms with Crippen LogP contribution in [0.1, 0.15) is 52.9 Å². The monoisotopic (exact) mass is 239 g/mol. The first kappa shape index (κ1) is 15.8. The van der Waals surface area contributed by atoms with Crippen LogP contribution in [-0.4, -0.2) is 18.8 Å². The van der Waals surface area contributed by atoms with Crippen molar-refractivity contribution in [2.24, 2.45) is 5.92 Å². The Balaban J connectivity index is 4.05. The van der Waals surface area contributed by atoms with Crippen LogP contribution in [0.3, 0.4) is 0 Å². The normalized spacial score (nSPS) is 14.4. The Bertz CT molecular complexity index is 164. The molecule has 0 heterocycles. The second-order valence-corrected chi connectivity index (χ2v) is 4.33. The zero-order valence-electron chi connectivity index (χ0n) is 10.5.